The van der Waals surface area contributed by atoms with Crippen LogP contribution in [0.4, 0.5) is 0 Å². The second-order valence-corrected chi connectivity index (χ2v) is 7.57. The summed E-state index contributed by atoms with van der Waals surface area (Å²) in [5.74, 6) is 0.203. The molecule has 0 bridgehead atoms. The lowest BCUT2D eigenvalue weighted by molar-refractivity contribution is 0.0720. The molecule has 6 nitrogen and oxygen atoms in total. The molecular formula is C26H20N4O2. The molecule has 0 saturated heterocycles. The number of aromatic amines is 1. The number of para-hydroxylation sites is 2. The highest BCUT2D eigenvalue weighted by atomic mass is 16.2. The molecule has 1 N–H and O–H groups in total. The SMILES string of the molecule is O=C(c1ccc2ccccc2n1)N(Cc1ccccc1)Cc1nc2ccccc2c(=O)[nH]1. The Morgan fingerprint density at radius 3 is 2.31 bits per heavy atom. The molecule has 0 atom stereocenters. The first-order valence-electron chi connectivity index (χ1n) is 10.3. The van der Waals surface area contributed by atoms with Crippen molar-refractivity contribution in [3.05, 3.63) is 118 Å². The first-order valence-corrected chi connectivity index (χ1v) is 10.3. The molecule has 5 rings (SSSR count). The van der Waals surface area contributed by atoms with E-state index >= 15 is 0 Å². The molecule has 3 aromatic carbocycles. The van der Waals surface area contributed by atoms with Gasteiger partial charge in [-0.3, -0.25) is 9.59 Å². The van der Waals surface area contributed by atoms with Crippen molar-refractivity contribution in [2.45, 2.75) is 13.1 Å². The second kappa shape index (κ2) is 8.43. The van der Waals surface area contributed by atoms with Crippen LogP contribution in [0.1, 0.15) is 21.9 Å². The van der Waals surface area contributed by atoms with Gasteiger partial charge in [-0.05, 0) is 29.8 Å². The van der Waals surface area contributed by atoms with E-state index in [2.05, 4.69) is 15.0 Å². The number of carbonyl (C=O) groups is 1. The predicted octanol–water partition coefficient (Wildman–Crippen LogP) is 4.31. The third kappa shape index (κ3) is 3.98. The van der Waals surface area contributed by atoms with E-state index in [-0.39, 0.29) is 18.0 Å². The number of amides is 1. The summed E-state index contributed by atoms with van der Waals surface area (Å²) in [6.07, 6.45) is 0. The summed E-state index contributed by atoms with van der Waals surface area (Å²) < 4.78 is 0. The number of rotatable bonds is 5. The predicted molar refractivity (Wildman–Crippen MR) is 124 cm³/mol. The van der Waals surface area contributed by atoms with Crippen molar-refractivity contribution in [3.63, 3.8) is 0 Å². The maximum Gasteiger partial charge on any atom is 0.273 e. The molecule has 32 heavy (non-hydrogen) atoms. The third-order valence-corrected chi connectivity index (χ3v) is 5.32. The molecule has 0 unspecified atom stereocenters. The van der Waals surface area contributed by atoms with E-state index in [0.29, 0.717) is 29.0 Å². The number of hydrogen-bond donors (Lipinski definition) is 1. The second-order valence-electron chi connectivity index (χ2n) is 7.57. The van der Waals surface area contributed by atoms with Crippen LogP contribution in [0, 0.1) is 0 Å². The standard InChI is InChI=1S/C26H20N4O2/c31-25-20-11-5-7-13-22(20)28-24(29-25)17-30(16-18-8-2-1-3-9-18)26(32)23-15-14-19-10-4-6-12-21(19)27-23/h1-15H,16-17H2,(H,28,29,31). The lowest BCUT2D eigenvalue weighted by Gasteiger charge is -2.22. The van der Waals surface area contributed by atoms with Crippen LogP contribution in [-0.2, 0) is 13.1 Å². The molecule has 2 heterocycles. The molecule has 5 aromatic rings. The Kier molecular flexibility index (Phi) is 5.17. The van der Waals surface area contributed by atoms with Crippen molar-refractivity contribution < 1.29 is 4.79 Å². The van der Waals surface area contributed by atoms with E-state index in [1.54, 1.807) is 29.2 Å². The molecule has 0 spiro atoms. The average molecular weight is 420 g/mol. The van der Waals surface area contributed by atoms with Gasteiger partial charge in [-0.1, -0.05) is 66.7 Å². The van der Waals surface area contributed by atoms with Gasteiger partial charge in [-0.15, -0.1) is 0 Å². The number of hydrogen-bond acceptors (Lipinski definition) is 4. The van der Waals surface area contributed by atoms with E-state index in [4.69, 9.17) is 0 Å². The molecule has 156 valence electrons. The Morgan fingerprint density at radius 1 is 0.750 bits per heavy atom. The summed E-state index contributed by atoms with van der Waals surface area (Å²) >= 11 is 0. The van der Waals surface area contributed by atoms with E-state index in [1.165, 1.54) is 0 Å². The van der Waals surface area contributed by atoms with Gasteiger partial charge in [0.1, 0.15) is 11.5 Å². The summed E-state index contributed by atoms with van der Waals surface area (Å²) in [5.41, 5.74) is 2.46. The van der Waals surface area contributed by atoms with Gasteiger partial charge < -0.3 is 9.88 Å². The smallest absolute Gasteiger partial charge is 0.273 e. The molecular weight excluding hydrogens is 400 g/mol. The highest BCUT2D eigenvalue weighted by molar-refractivity contribution is 5.94. The number of aromatic nitrogens is 3. The molecule has 0 saturated carbocycles. The van der Waals surface area contributed by atoms with Crippen LogP contribution < -0.4 is 5.56 Å². The maximum absolute atomic E-state index is 13.5. The fourth-order valence-corrected chi connectivity index (χ4v) is 3.74. The molecule has 6 heteroatoms. The fourth-order valence-electron chi connectivity index (χ4n) is 3.74. The number of H-pyrrole nitrogens is 1. The Morgan fingerprint density at radius 2 is 1.47 bits per heavy atom. The first-order chi connectivity index (χ1) is 15.7. The Bertz CT molecular complexity index is 1480. The summed E-state index contributed by atoms with van der Waals surface area (Å²) in [5, 5.41) is 1.49. The highest BCUT2D eigenvalue weighted by Gasteiger charge is 2.20. The summed E-state index contributed by atoms with van der Waals surface area (Å²) in [6.45, 7) is 0.521. The van der Waals surface area contributed by atoms with Gasteiger partial charge in [0.25, 0.3) is 11.5 Å². The van der Waals surface area contributed by atoms with Crippen molar-refractivity contribution in [2.24, 2.45) is 0 Å². The van der Waals surface area contributed by atoms with Crippen molar-refractivity contribution in [1.29, 1.82) is 0 Å². The van der Waals surface area contributed by atoms with Gasteiger partial charge in [0.05, 0.1) is 23.0 Å². The normalized spacial score (nSPS) is 11.0. The van der Waals surface area contributed by atoms with Gasteiger partial charge in [0.2, 0.25) is 0 Å². The number of pyridine rings is 1. The van der Waals surface area contributed by atoms with Crippen molar-refractivity contribution in [3.8, 4) is 0 Å². The molecule has 1 amide bonds. The summed E-state index contributed by atoms with van der Waals surface area (Å²) in [4.78, 5) is 39.6. The van der Waals surface area contributed by atoms with E-state index in [0.717, 1.165) is 16.5 Å². The zero-order valence-electron chi connectivity index (χ0n) is 17.2. The van der Waals surface area contributed by atoms with Crippen LogP contribution in [0.2, 0.25) is 0 Å². The largest absolute Gasteiger partial charge is 0.326 e. The minimum absolute atomic E-state index is 0.155. The average Bonchev–Trinajstić information content (AvgIpc) is 2.83. The van der Waals surface area contributed by atoms with Crippen molar-refractivity contribution in [1.82, 2.24) is 19.9 Å². The third-order valence-electron chi connectivity index (χ3n) is 5.32. The highest BCUT2D eigenvalue weighted by Crippen LogP contribution is 2.16. The van der Waals surface area contributed by atoms with E-state index < -0.39 is 0 Å². The van der Waals surface area contributed by atoms with Gasteiger partial charge >= 0.3 is 0 Å². The Hall–Kier alpha value is -4.32. The van der Waals surface area contributed by atoms with E-state index in [9.17, 15) is 9.59 Å². The minimum atomic E-state index is -0.226. The minimum Gasteiger partial charge on any atom is -0.326 e. The van der Waals surface area contributed by atoms with Gasteiger partial charge in [-0.2, -0.15) is 0 Å². The van der Waals surface area contributed by atoms with Crippen LogP contribution in [-0.4, -0.2) is 25.8 Å². The van der Waals surface area contributed by atoms with Crippen LogP contribution >= 0.6 is 0 Å². The maximum atomic E-state index is 13.5. The molecule has 0 aliphatic carbocycles. The lowest BCUT2D eigenvalue weighted by atomic mass is 10.1. The van der Waals surface area contributed by atoms with E-state index in [1.807, 2.05) is 66.7 Å². The monoisotopic (exact) mass is 420 g/mol. The quantitative estimate of drug-likeness (QED) is 0.459. The van der Waals surface area contributed by atoms with Crippen LogP contribution in [0.3, 0.4) is 0 Å². The molecule has 2 aromatic heterocycles. The topological polar surface area (TPSA) is 79.0 Å². The first kappa shape index (κ1) is 19.6. The molecule has 0 fully saturated rings. The fraction of sp³-hybridized carbons (Fsp3) is 0.0769. The number of fused-ring (bicyclic) bond motifs is 2. The van der Waals surface area contributed by atoms with Crippen molar-refractivity contribution in [2.75, 3.05) is 0 Å². The molecule has 0 aliphatic heterocycles. The van der Waals surface area contributed by atoms with Gasteiger partial charge in [-0.25, -0.2) is 9.97 Å². The summed E-state index contributed by atoms with van der Waals surface area (Å²) in [7, 11) is 0. The Labute approximate surface area is 184 Å². The lowest BCUT2D eigenvalue weighted by Crippen LogP contribution is -2.32. The molecule has 0 aliphatic rings. The number of nitrogens with zero attached hydrogens (tertiary/aromatic N) is 3. The van der Waals surface area contributed by atoms with Gasteiger partial charge in [0, 0.05) is 11.9 Å². The summed E-state index contributed by atoms with van der Waals surface area (Å²) in [6, 6.07) is 28.2. The van der Waals surface area contributed by atoms with Crippen LogP contribution in [0.25, 0.3) is 21.8 Å². The Balaban J connectivity index is 1.52. The van der Waals surface area contributed by atoms with Crippen LogP contribution in [0.5, 0.6) is 0 Å². The van der Waals surface area contributed by atoms with Crippen LogP contribution in [0.15, 0.2) is 95.8 Å². The number of carbonyl (C=O) groups excluding carboxylic acids is 1. The van der Waals surface area contributed by atoms with Crippen molar-refractivity contribution >= 4 is 27.7 Å². The number of nitrogens with one attached hydrogen (secondary N) is 1. The van der Waals surface area contributed by atoms with Gasteiger partial charge in [0.15, 0.2) is 0 Å². The molecule has 0 radical (unpaired) electrons. The zero-order valence-corrected chi connectivity index (χ0v) is 17.2. The zero-order chi connectivity index (χ0) is 21.9. The number of benzene rings is 3.